The third kappa shape index (κ3) is 5.89. The molecule has 5 rings (SSSR count). The Morgan fingerprint density at radius 2 is 1.69 bits per heavy atom. The molecule has 1 N–H and O–H groups in total. The molecule has 4 aromatic rings. The molecular weight excluding hydrogens is 505 g/mol. The van der Waals surface area contributed by atoms with Crippen molar-refractivity contribution in [2.45, 2.75) is 18.4 Å². The second-order valence-electron chi connectivity index (χ2n) is 9.61. The summed E-state index contributed by atoms with van der Waals surface area (Å²) in [4.78, 5) is 15.5. The highest BCUT2D eigenvalue weighted by Gasteiger charge is 2.35. The number of ether oxygens (including phenoxy) is 1. The van der Waals surface area contributed by atoms with Crippen molar-refractivity contribution in [2.75, 3.05) is 33.4 Å². The van der Waals surface area contributed by atoms with Gasteiger partial charge in [-0.25, -0.2) is 17.9 Å². The number of methoxy groups -OCH3 is 1. The van der Waals surface area contributed by atoms with Gasteiger partial charge in [-0.3, -0.25) is 9.69 Å². The van der Waals surface area contributed by atoms with Gasteiger partial charge in [-0.2, -0.15) is 5.10 Å². The Hall–Kier alpha value is -3.95. The number of aromatic nitrogens is 2. The summed E-state index contributed by atoms with van der Waals surface area (Å²) in [5, 5.41) is 7.55. The Kier molecular flexibility index (Phi) is 8.09. The van der Waals surface area contributed by atoms with Gasteiger partial charge in [0.15, 0.2) is 17.5 Å². The smallest absolute Gasteiger partial charge is 0.226 e. The van der Waals surface area contributed by atoms with E-state index in [4.69, 9.17) is 4.74 Å². The van der Waals surface area contributed by atoms with Crippen LogP contribution in [-0.2, 0) is 16.0 Å². The van der Waals surface area contributed by atoms with E-state index in [1.165, 1.54) is 10.7 Å². The van der Waals surface area contributed by atoms with Crippen molar-refractivity contribution in [1.82, 2.24) is 20.0 Å². The van der Waals surface area contributed by atoms with Crippen LogP contribution in [0.2, 0.25) is 0 Å². The van der Waals surface area contributed by atoms with Crippen LogP contribution in [0, 0.1) is 17.5 Å². The minimum absolute atomic E-state index is 0.135. The van der Waals surface area contributed by atoms with E-state index in [1.807, 2.05) is 24.3 Å². The predicted molar refractivity (Wildman–Crippen MR) is 142 cm³/mol. The zero-order chi connectivity index (χ0) is 27.4. The minimum Gasteiger partial charge on any atom is -0.383 e. The summed E-state index contributed by atoms with van der Waals surface area (Å²) in [6.07, 6.45) is -0.250. The van der Waals surface area contributed by atoms with Crippen LogP contribution in [0.5, 0.6) is 0 Å². The third-order valence-corrected chi connectivity index (χ3v) is 7.02. The summed E-state index contributed by atoms with van der Waals surface area (Å²) in [5.41, 5.74) is 2.12. The second kappa shape index (κ2) is 11.8. The normalized spacial score (nSPS) is 17.4. The van der Waals surface area contributed by atoms with E-state index in [1.54, 1.807) is 49.6 Å². The molecule has 39 heavy (non-hydrogen) atoms. The number of carbonyl (C=O) groups is 1. The molecule has 0 saturated carbocycles. The number of nitrogens with zero attached hydrogens (tertiary/aromatic N) is 3. The maximum Gasteiger partial charge on any atom is 0.226 e. The predicted octanol–water partition coefficient (Wildman–Crippen LogP) is 4.73. The fourth-order valence-corrected chi connectivity index (χ4v) is 5.07. The van der Waals surface area contributed by atoms with Gasteiger partial charge >= 0.3 is 0 Å². The lowest BCUT2D eigenvalue weighted by Gasteiger charge is -2.20. The molecule has 3 aromatic carbocycles. The molecule has 0 unspecified atom stereocenters. The van der Waals surface area contributed by atoms with Crippen molar-refractivity contribution in [1.29, 1.82) is 0 Å². The lowest BCUT2D eigenvalue weighted by atomic mass is 9.94. The summed E-state index contributed by atoms with van der Waals surface area (Å²) in [6, 6.07) is 21.5. The number of carbonyl (C=O) groups excluding carboxylic acids is 1. The molecule has 9 heteroatoms. The lowest BCUT2D eigenvalue weighted by Crippen LogP contribution is -2.41. The zero-order valence-electron chi connectivity index (χ0n) is 21.5. The van der Waals surface area contributed by atoms with Crippen LogP contribution in [0.4, 0.5) is 13.2 Å². The van der Waals surface area contributed by atoms with E-state index < -0.39 is 23.4 Å². The summed E-state index contributed by atoms with van der Waals surface area (Å²) < 4.78 is 50.1. The van der Waals surface area contributed by atoms with Gasteiger partial charge in [-0.1, -0.05) is 54.6 Å². The zero-order valence-corrected chi connectivity index (χ0v) is 21.5. The quantitative estimate of drug-likeness (QED) is 0.337. The van der Waals surface area contributed by atoms with Crippen LogP contribution in [0.1, 0.15) is 17.2 Å². The van der Waals surface area contributed by atoms with Crippen molar-refractivity contribution in [2.24, 2.45) is 0 Å². The summed E-state index contributed by atoms with van der Waals surface area (Å²) in [7, 11) is 1.61. The van der Waals surface area contributed by atoms with E-state index in [2.05, 4.69) is 15.3 Å². The highest BCUT2D eigenvalue weighted by atomic mass is 19.2. The van der Waals surface area contributed by atoms with Gasteiger partial charge in [-0.15, -0.1) is 0 Å². The maximum absolute atomic E-state index is 15.8. The largest absolute Gasteiger partial charge is 0.383 e. The first-order valence-electron chi connectivity index (χ1n) is 12.8. The van der Waals surface area contributed by atoms with Crippen LogP contribution in [0.25, 0.3) is 16.9 Å². The molecule has 1 aliphatic heterocycles. The first-order valence-corrected chi connectivity index (χ1v) is 12.8. The fraction of sp³-hybridized carbons (Fsp3) is 0.267. The first-order chi connectivity index (χ1) is 18.9. The maximum atomic E-state index is 15.8. The Bertz CT molecular complexity index is 1430. The molecule has 1 amide bonds. The van der Waals surface area contributed by atoms with Crippen molar-refractivity contribution in [3.05, 3.63) is 108 Å². The standard InChI is InChI=1S/C30H29F3N4O2/c1-39-15-14-36-18-23(21-12-13-24(31)25(32)16-21)26(19-36)34-28(38)17-27-29(33)30(20-8-4-2-5-9-20)35-37(27)22-10-6-3-7-11-22/h2-13,16,23,26H,14-15,17-19H2,1H3,(H,34,38)/t23-,26+/m0/s1. The number of likely N-dealkylation sites (tertiary alicyclic amines) is 1. The first kappa shape index (κ1) is 26.6. The number of amides is 1. The van der Waals surface area contributed by atoms with Gasteiger partial charge in [0.2, 0.25) is 5.91 Å². The highest BCUT2D eigenvalue weighted by Crippen LogP contribution is 2.30. The average Bonchev–Trinajstić information content (AvgIpc) is 3.50. The number of hydrogen-bond acceptors (Lipinski definition) is 4. The Labute approximate surface area is 225 Å². The van der Waals surface area contributed by atoms with Crippen LogP contribution in [0.15, 0.2) is 78.9 Å². The molecule has 1 saturated heterocycles. The van der Waals surface area contributed by atoms with E-state index in [9.17, 15) is 13.6 Å². The van der Waals surface area contributed by atoms with Gasteiger partial charge in [0.25, 0.3) is 0 Å². The molecule has 1 fully saturated rings. The molecule has 0 bridgehead atoms. The Balaban J connectivity index is 1.42. The third-order valence-electron chi connectivity index (χ3n) is 7.02. The molecule has 2 atom stereocenters. The lowest BCUT2D eigenvalue weighted by molar-refractivity contribution is -0.121. The van der Waals surface area contributed by atoms with E-state index in [0.29, 0.717) is 43.1 Å². The number of benzene rings is 3. The minimum atomic E-state index is -0.935. The SMILES string of the molecule is COCCN1C[C@@H](NC(=O)Cc2c(F)c(-c3ccccc3)nn2-c2ccccc2)[C@H](c2ccc(F)c(F)c2)C1. The van der Waals surface area contributed by atoms with Gasteiger partial charge in [0.05, 0.1) is 24.4 Å². The number of hydrogen-bond donors (Lipinski definition) is 1. The summed E-state index contributed by atoms with van der Waals surface area (Å²) in [6.45, 7) is 2.15. The Morgan fingerprint density at radius 1 is 0.974 bits per heavy atom. The molecule has 0 radical (unpaired) electrons. The van der Waals surface area contributed by atoms with Crippen molar-refractivity contribution in [3.8, 4) is 16.9 Å². The van der Waals surface area contributed by atoms with Gasteiger partial charge in [0.1, 0.15) is 5.69 Å². The van der Waals surface area contributed by atoms with Crippen LogP contribution in [-0.4, -0.2) is 60.0 Å². The topological polar surface area (TPSA) is 59.4 Å². The number of rotatable bonds is 9. The Morgan fingerprint density at radius 3 is 2.38 bits per heavy atom. The van der Waals surface area contributed by atoms with Crippen LogP contribution >= 0.6 is 0 Å². The molecule has 202 valence electrons. The molecular formula is C30H29F3N4O2. The van der Waals surface area contributed by atoms with Gasteiger partial charge in [-0.05, 0) is 29.8 Å². The number of nitrogens with one attached hydrogen (secondary N) is 1. The molecule has 6 nitrogen and oxygen atoms in total. The average molecular weight is 535 g/mol. The van der Waals surface area contributed by atoms with Crippen LogP contribution < -0.4 is 5.32 Å². The van der Waals surface area contributed by atoms with Crippen molar-refractivity contribution in [3.63, 3.8) is 0 Å². The summed E-state index contributed by atoms with van der Waals surface area (Å²) >= 11 is 0. The fourth-order valence-electron chi connectivity index (χ4n) is 5.07. The molecule has 0 spiro atoms. The van der Waals surface area contributed by atoms with Crippen LogP contribution in [0.3, 0.4) is 0 Å². The summed E-state index contributed by atoms with van der Waals surface area (Å²) in [5.74, 6) is -3.09. The molecule has 2 heterocycles. The molecule has 1 aliphatic rings. The number of para-hydroxylation sites is 1. The second-order valence-corrected chi connectivity index (χ2v) is 9.61. The molecule has 1 aromatic heterocycles. The van der Waals surface area contributed by atoms with Gasteiger partial charge < -0.3 is 10.1 Å². The van der Waals surface area contributed by atoms with Gasteiger partial charge in [0, 0.05) is 44.3 Å². The number of halogens is 3. The van der Waals surface area contributed by atoms with Crippen molar-refractivity contribution >= 4 is 5.91 Å². The van der Waals surface area contributed by atoms with E-state index in [0.717, 1.165) is 6.07 Å². The van der Waals surface area contributed by atoms with Crippen molar-refractivity contribution < 1.29 is 22.7 Å². The monoisotopic (exact) mass is 534 g/mol. The molecule has 0 aliphatic carbocycles. The van der Waals surface area contributed by atoms with E-state index in [-0.39, 0.29) is 29.8 Å². The van der Waals surface area contributed by atoms with E-state index >= 15 is 4.39 Å². The highest BCUT2D eigenvalue weighted by molar-refractivity contribution is 5.79.